The first kappa shape index (κ1) is 16.9. The van der Waals surface area contributed by atoms with Gasteiger partial charge in [-0.05, 0) is 55.2 Å². The maximum absolute atomic E-state index is 13.2. The molecule has 1 unspecified atom stereocenters. The average molecular weight is 319 g/mol. The number of aromatic nitrogens is 1. The molecule has 0 bridgehead atoms. The van der Waals surface area contributed by atoms with Gasteiger partial charge in [0.2, 0.25) is 0 Å². The van der Waals surface area contributed by atoms with Gasteiger partial charge in [-0.2, -0.15) is 0 Å². The summed E-state index contributed by atoms with van der Waals surface area (Å²) in [6.07, 6.45) is 4.19. The molecule has 2 N–H and O–H groups in total. The Kier molecular flexibility index (Phi) is 5.62. The van der Waals surface area contributed by atoms with E-state index in [4.69, 9.17) is 0 Å². The molecule has 0 aliphatic heterocycles. The highest BCUT2D eigenvalue weighted by Gasteiger charge is 2.11. The Balaban J connectivity index is 1.82. The second-order valence-corrected chi connectivity index (χ2v) is 5.35. The molecule has 1 atom stereocenters. The quantitative estimate of drug-likeness (QED) is 0.889. The van der Waals surface area contributed by atoms with Crippen LogP contribution in [0.15, 0.2) is 36.7 Å². The highest BCUT2D eigenvalue weighted by molar-refractivity contribution is 5.74. The van der Waals surface area contributed by atoms with Crippen LogP contribution in [0.25, 0.3) is 0 Å². The number of hydrogen-bond donors (Lipinski definition) is 2. The van der Waals surface area contributed by atoms with Crippen molar-refractivity contribution >= 4 is 6.03 Å². The minimum absolute atomic E-state index is 0.353. The van der Waals surface area contributed by atoms with E-state index >= 15 is 0 Å². The smallest absolute Gasteiger partial charge is 0.315 e. The number of pyridine rings is 1. The first-order valence-electron chi connectivity index (χ1n) is 7.36. The zero-order chi connectivity index (χ0) is 16.8. The number of amides is 2. The molecule has 0 aliphatic rings. The van der Waals surface area contributed by atoms with E-state index in [1.807, 2.05) is 13.0 Å². The Morgan fingerprint density at radius 2 is 2.04 bits per heavy atom. The van der Waals surface area contributed by atoms with Crippen molar-refractivity contribution < 1.29 is 13.6 Å². The van der Waals surface area contributed by atoms with Crippen LogP contribution in [0.5, 0.6) is 0 Å². The first-order chi connectivity index (χ1) is 11.0. The highest BCUT2D eigenvalue weighted by Crippen LogP contribution is 2.15. The third-order valence-electron chi connectivity index (χ3n) is 3.61. The number of urea groups is 1. The lowest BCUT2D eigenvalue weighted by molar-refractivity contribution is 0.238. The van der Waals surface area contributed by atoms with Crippen molar-refractivity contribution in [2.24, 2.45) is 0 Å². The fraction of sp³-hybridized carbons (Fsp3) is 0.294. The van der Waals surface area contributed by atoms with E-state index in [9.17, 15) is 13.6 Å². The summed E-state index contributed by atoms with van der Waals surface area (Å²) in [5.74, 6) is -1.83. The molecule has 4 nitrogen and oxygen atoms in total. The maximum atomic E-state index is 13.2. The highest BCUT2D eigenvalue weighted by atomic mass is 19.2. The topological polar surface area (TPSA) is 54.0 Å². The van der Waals surface area contributed by atoms with Gasteiger partial charge in [0.1, 0.15) is 0 Å². The van der Waals surface area contributed by atoms with Gasteiger partial charge in [0.15, 0.2) is 11.6 Å². The van der Waals surface area contributed by atoms with Gasteiger partial charge in [-0.15, -0.1) is 0 Å². The lowest BCUT2D eigenvalue weighted by Crippen LogP contribution is -2.38. The van der Waals surface area contributed by atoms with E-state index in [0.717, 1.165) is 23.3 Å². The van der Waals surface area contributed by atoms with E-state index in [1.165, 1.54) is 6.07 Å². The van der Waals surface area contributed by atoms with Gasteiger partial charge in [-0.1, -0.05) is 6.07 Å². The Morgan fingerprint density at radius 3 is 2.74 bits per heavy atom. The maximum Gasteiger partial charge on any atom is 0.315 e. The van der Waals surface area contributed by atoms with Crippen LogP contribution in [0.3, 0.4) is 0 Å². The van der Waals surface area contributed by atoms with Crippen molar-refractivity contribution in [2.75, 3.05) is 6.54 Å². The molecule has 1 aromatic carbocycles. The van der Waals surface area contributed by atoms with Crippen LogP contribution in [0.4, 0.5) is 13.6 Å². The molecular weight excluding hydrogens is 300 g/mol. The number of rotatable bonds is 5. The van der Waals surface area contributed by atoms with Gasteiger partial charge in [-0.25, -0.2) is 13.6 Å². The van der Waals surface area contributed by atoms with E-state index in [2.05, 4.69) is 15.6 Å². The van der Waals surface area contributed by atoms with Crippen LogP contribution in [-0.4, -0.2) is 17.6 Å². The summed E-state index contributed by atoms with van der Waals surface area (Å²) in [7, 11) is 0. The van der Waals surface area contributed by atoms with E-state index < -0.39 is 17.7 Å². The number of carbonyl (C=O) groups excluding carboxylic acids is 1. The summed E-state index contributed by atoms with van der Waals surface area (Å²) in [5.41, 5.74) is 2.70. The van der Waals surface area contributed by atoms with Crippen LogP contribution in [0, 0.1) is 18.6 Å². The van der Waals surface area contributed by atoms with Gasteiger partial charge in [-0.3, -0.25) is 4.98 Å². The van der Waals surface area contributed by atoms with Gasteiger partial charge in [0, 0.05) is 18.9 Å². The van der Waals surface area contributed by atoms with Crippen molar-refractivity contribution in [3.63, 3.8) is 0 Å². The molecule has 1 aromatic heterocycles. The van der Waals surface area contributed by atoms with Crippen molar-refractivity contribution in [3.05, 3.63) is 65.0 Å². The predicted molar refractivity (Wildman–Crippen MR) is 84.0 cm³/mol. The summed E-state index contributed by atoms with van der Waals surface area (Å²) in [4.78, 5) is 15.9. The second kappa shape index (κ2) is 7.67. The van der Waals surface area contributed by atoms with Gasteiger partial charge >= 0.3 is 6.03 Å². The van der Waals surface area contributed by atoms with Crippen LogP contribution >= 0.6 is 0 Å². The largest absolute Gasteiger partial charge is 0.338 e. The molecular formula is C17H19F2N3O. The Morgan fingerprint density at radius 1 is 1.26 bits per heavy atom. The molecule has 1 heterocycles. The fourth-order valence-electron chi connectivity index (χ4n) is 2.21. The van der Waals surface area contributed by atoms with E-state index in [0.29, 0.717) is 18.5 Å². The molecule has 0 fully saturated rings. The molecule has 0 saturated heterocycles. The predicted octanol–water partition coefficient (Wildman–Crippen LogP) is 3.27. The molecule has 6 heteroatoms. The summed E-state index contributed by atoms with van der Waals surface area (Å²) in [5, 5.41) is 5.44. The number of nitrogens with zero attached hydrogens (tertiary/aromatic N) is 1. The molecule has 2 amide bonds. The number of hydrogen-bond acceptors (Lipinski definition) is 2. The normalized spacial score (nSPS) is 11.8. The van der Waals surface area contributed by atoms with Crippen LogP contribution < -0.4 is 10.6 Å². The van der Waals surface area contributed by atoms with Crippen molar-refractivity contribution in [2.45, 2.75) is 26.3 Å². The monoisotopic (exact) mass is 319 g/mol. The lowest BCUT2D eigenvalue weighted by atomic mass is 10.1. The number of halogens is 2. The summed E-state index contributed by atoms with van der Waals surface area (Å²) in [6, 6.07) is 4.72. The van der Waals surface area contributed by atoms with E-state index in [1.54, 1.807) is 19.3 Å². The summed E-state index contributed by atoms with van der Waals surface area (Å²) >= 11 is 0. The number of benzene rings is 1. The molecule has 23 heavy (non-hydrogen) atoms. The molecule has 0 aliphatic carbocycles. The van der Waals surface area contributed by atoms with Crippen molar-refractivity contribution in [1.82, 2.24) is 15.6 Å². The zero-order valence-electron chi connectivity index (χ0n) is 13.1. The SMILES string of the molecule is Cc1cnccc1CCNC(=O)NC(C)c1ccc(F)c(F)c1. The van der Waals surface area contributed by atoms with Gasteiger partial charge < -0.3 is 10.6 Å². The number of carbonyl (C=O) groups is 1. The van der Waals surface area contributed by atoms with Crippen molar-refractivity contribution in [3.8, 4) is 0 Å². The molecule has 0 saturated carbocycles. The Hall–Kier alpha value is -2.50. The molecule has 2 aromatic rings. The first-order valence-corrected chi connectivity index (χ1v) is 7.36. The van der Waals surface area contributed by atoms with Crippen LogP contribution in [0.1, 0.15) is 29.7 Å². The van der Waals surface area contributed by atoms with Crippen molar-refractivity contribution in [1.29, 1.82) is 0 Å². The molecule has 2 rings (SSSR count). The standard InChI is InChI=1S/C17H19F2N3O/c1-11-10-20-7-5-13(11)6-8-21-17(23)22-12(2)14-3-4-15(18)16(19)9-14/h3-5,7,9-10,12H,6,8H2,1-2H3,(H2,21,22,23). The third-order valence-corrected chi connectivity index (χ3v) is 3.61. The third kappa shape index (κ3) is 4.74. The Labute approximate surface area is 133 Å². The zero-order valence-corrected chi connectivity index (χ0v) is 13.1. The Bertz CT molecular complexity index is 691. The summed E-state index contributed by atoms with van der Waals surface area (Å²) in [6.45, 7) is 4.15. The molecule has 0 radical (unpaired) electrons. The van der Waals surface area contributed by atoms with Gasteiger partial charge in [0.25, 0.3) is 0 Å². The van der Waals surface area contributed by atoms with Gasteiger partial charge in [0.05, 0.1) is 6.04 Å². The van der Waals surface area contributed by atoms with Crippen LogP contribution in [-0.2, 0) is 6.42 Å². The lowest BCUT2D eigenvalue weighted by Gasteiger charge is -2.15. The minimum atomic E-state index is -0.926. The molecule has 122 valence electrons. The number of aryl methyl sites for hydroxylation is 1. The molecule has 0 spiro atoms. The van der Waals surface area contributed by atoms with Crippen LogP contribution in [0.2, 0.25) is 0 Å². The number of nitrogens with one attached hydrogen (secondary N) is 2. The minimum Gasteiger partial charge on any atom is -0.338 e. The fourth-order valence-corrected chi connectivity index (χ4v) is 2.21. The van der Waals surface area contributed by atoms with E-state index in [-0.39, 0.29) is 6.03 Å². The summed E-state index contributed by atoms with van der Waals surface area (Å²) < 4.78 is 26.1. The second-order valence-electron chi connectivity index (χ2n) is 5.35. The average Bonchev–Trinajstić information content (AvgIpc) is 2.51.